The highest BCUT2D eigenvalue weighted by molar-refractivity contribution is 9.10. The molecule has 0 aliphatic rings. The fourth-order valence-corrected chi connectivity index (χ4v) is 2.88. The molecule has 0 fully saturated rings. The van der Waals surface area contributed by atoms with Crippen LogP contribution in [-0.2, 0) is 0 Å². The first-order valence-electron chi connectivity index (χ1n) is 6.53. The van der Waals surface area contributed by atoms with Crippen LogP contribution in [0.1, 0.15) is 31.0 Å². The smallest absolute Gasteiger partial charge is 0.0994 e. The number of nitrogens with two attached hydrogens (primary N) is 1. The molecule has 102 valence electrons. The number of rotatable bonds is 4. The van der Waals surface area contributed by atoms with Crippen molar-refractivity contribution in [3.05, 3.63) is 46.5 Å². The molecule has 1 unspecified atom stereocenters. The van der Waals surface area contributed by atoms with Crippen molar-refractivity contribution in [1.29, 1.82) is 0 Å². The molecule has 0 spiro atoms. The highest BCUT2D eigenvalue weighted by Gasteiger charge is 2.19. The molecule has 1 aromatic carbocycles. The Balaban J connectivity index is 2.49. The Kier molecular flexibility index (Phi) is 4.42. The third-order valence-electron chi connectivity index (χ3n) is 3.52. The van der Waals surface area contributed by atoms with E-state index >= 15 is 0 Å². The van der Waals surface area contributed by atoms with E-state index in [0.29, 0.717) is 18.4 Å². The van der Waals surface area contributed by atoms with Crippen LogP contribution >= 0.6 is 15.9 Å². The van der Waals surface area contributed by atoms with Gasteiger partial charge in [-0.2, -0.15) is 0 Å². The zero-order valence-corrected chi connectivity index (χ0v) is 13.2. The van der Waals surface area contributed by atoms with Crippen LogP contribution in [0.3, 0.4) is 0 Å². The van der Waals surface area contributed by atoms with Crippen LogP contribution in [0.4, 0.5) is 0 Å². The number of hydrogen-bond acceptors (Lipinski definition) is 2. The molecule has 1 atom stereocenters. The number of aromatic nitrogens is 2. The van der Waals surface area contributed by atoms with E-state index in [0.717, 1.165) is 10.2 Å². The maximum Gasteiger partial charge on any atom is 0.0994 e. The first-order chi connectivity index (χ1) is 9.04. The summed E-state index contributed by atoms with van der Waals surface area (Å²) < 4.78 is 3.24. The first kappa shape index (κ1) is 14.3. The fraction of sp³-hybridized carbons (Fsp3) is 0.400. The van der Waals surface area contributed by atoms with Gasteiger partial charge in [0.15, 0.2) is 0 Å². The van der Waals surface area contributed by atoms with Crippen molar-refractivity contribution < 1.29 is 0 Å². The van der Waals surface area contributed by atoms with Crippen molar-refractivity contribution in [3.63, 3.8) is 0 Å². The van der Waals surface area contributed by atoms with Crippen LogP contribution in [0, 0.1) is 12.8 Å². The summed E-state index contributed by atoms with van der Waals surface area (Å²) in [5.74, 6) is 0.821. The molecule has 3 nitrogen and oxygen atoms in total. The second kappa shape index (κ2) is 5.88. The molecule has 0 bridgehead atoms. The SMILES string of the molecule is Cc1cc(Br)ccc1-n1cncc1C(CN)C(C)C. The lowest BCUT2D eigenvalue weighted by Gasteiger charge is -2.21. The van der Waals surface area contributed by atoms with Gasteiger partial charge in [-0.25, -0.2) is 4.98 Å². The van der Waals surface area contributed by atoms with Crippen LogP contribution in [0.2, 0.25) is 0 Å². The standard InChI is InChI=1S/C15H20BrN3/c1-10(2)13(7-17)15-8-18-9-19(15)14-5-4-12(16)6-11(14)3/h4-6,8-10,13H,7,17H2,1-3H3. The van der Waals surface area contributed by atoms with Crippen molar-refractivity contribution >= 4 is 15.9 Å². The quantitative estimate of drug-likeness (QED) is 0.934. The van der Waals surface area contributed by atoms with Crippen LogP contribution in [0.15, 0.2) is 35.2 Å². The molecule has 0 aliphatic carbocycles. The van der Waals surface area contributed by atoms with E-state index < -0.39 is 0 Å². The molecule has 2 rings (SSSR count). The van der Waals surface area contributed by atoms with Crippen molar-refractivity contribution in [2.45, 2.75) is 26.7 Å². The van der Waals surface area contributed by atoms with E-state index in [4.69, 9.17) is 5.73 Å². The average Bonchev–Trinajstić information content (AvgIpc) is 2.78. The minimum atomic E-state index is 0.325. The molecule has 0 saturated heterocycles. The Hall–Kier alpha value is -1.13. The normalized spacial score (nSPS) is 12.9. The molecule has 0 radical (unpaired) electrons. The summed E-state index contributed by atoms with van der Waals surface area (Å²) in [7, 11) is 0. The summed E-state index contributed by atoms with van der Waals surface area (Å²) in [6.45, 7) is 7.14. The summed E-state index contributed by atoms with van der Waals surface area (Å²) in [6.07, 6.45) is 3.80. The molecular formula is C15H20BrN3. The van der Waals surface area contributed by atoms with Crippen LogP contribution < -0.4 is 5.73 Å². The minimum Gasteiger partial charge on any atom is -0.330 e. The van der Waals surface area contributed by atoms with Crippen molar-refractivity contribution in [2.24, 2.45) is 11.7 Å². The largest absolute Gasteiger partial charge is 0.330 e. The third kappa shape index (κ3) is 2.90. The van der Waals surface area contributed by atoms with Gasteiger partial charge in [-0.05, 0) is 36.6 Å². The predicted molar refractivity (Wildman–Crippen MR) is 82.6 cm³/mol. The summed E-state index contributed by atoms with van der Waals surface area (Å²) in [5.41, 5.74) is 9.49. The molecule has 0 amide bonds. The Morgan fingerprint density at radius 3 is 2.68 bits per heavy atom. The molecular weight excluding hydrogens is 302 g/mol. The van der Waals surface area contributed by atoms with Crippen LogP contribution in [0.5, 0.6) is 0 Å². The van der Waals surface area contributed by atoms with Gasteiger partial charge in [0.25, 0.3) is 0 Å². The maximum atomic E-state index is 5.93. The summed E-state index contributed by atoms with van der Waals surface area (Å²) in [5, 5.41) is 0. The van der Waals surface area contributed by atoms with E-state index in [-0.39, 0.29) is 0 Å². The Morgan fingerprint density at radius 1 is 1.37 bits per heavy atom. The van der Waals surface area contributed by atoms with Gasteiger partial charge in [0.05, 0.1) is 6.33 Å². The van der Waals surface area contributed by atoms with Gasteiger partial charge in [-0.3, -0.25) is 0 Å². The fourth-order valence-electron chi connectivity index (χ4n) is 2.40. The molecule has 19 heavy (non-hydrogen) atoms. The predicted octanol–water partition coefficient (Wildman–Crippen LogP) is 3.64. The third-order valence-corrected chi connectivity index (χ3v) is 4.02. The van der Waals surface area contributed by atoms with Crippen molar-refractivity contribution in [3.8, 4) is 5.69 Å². The second-order valence-electron chi connectivity index (χ2n) is 5.21. The number of imidazole rings is 1. The van der Waals surface area contributed by atoms with Gasteiger partial charge in [-0.1, -0.05) is 29.8 Å². The lowest BCUT2D eigenvalue weighted by molar-refractivity contribution is 0.489. The monoisotopic (exact) mass is 321 g/mol. The van der Waals surface area contributed by atoms with Gasteiger partial charge in [0.2, 0.25) is 0 Å². The number of aryl methyl sites for hydroxylation is 1. The number of halogens is 1. The minimum absolute atomic E-state index is 0.325. The van der Waals surface area contributed by atoms with Gasteiger partial charge in [0, 0.05) is 34.5 Å². The molecule has 1 heterocycles. The van der Waals surface area contributed by atoms with E-state index in [1.54, 1.807) is 0 Å². The maximum absolute atomic E-state index is 5.93. The highest BCUT2D eigenvalue weighted by atomic mass is 79.9. The van der Waals surface area contributed by atoms with Gasteiger partial charge >= 0.3 is 0 Å². The lowest BCUT2D eigenvalue weighted by Crippen LogP contribution is -2.20. The molecule has 1 aromatic heterocycles. The molecule has 2 N–H and O–H groups in total. The molecule has 2 aromatic rings. The van der Waals surface area contributed by atoms with E-state index in [1.165, 1.54) is 11.3 Å². The summed E-state index contributed by atoms with van der Waals surface area (Å²) in [4.78, 5) is 4.31. The van der Waals surface area contributed by atoms with Crippen molar-refractivity contribution in [1.82, 2.24) is 9.55 Å². The number of hydrogen-bond donors (Lipinski definition) is 1. The topological polar surface area (TPSA) is 43.8 Å². The Bertz CT molecular complexity index is 560. The Labute approximate surface area is 123 Å². The Morgan fingerprint density at radius 2 is 2.11 bits per heavy atom. The van der Waals surface area contributed by atoms with Gasteiger partial charge < -0.3 is 10.3 Å². The van der Waals surface area contributed by atoms with Gasteiger partial charge in [0.1, 0.15) is 0 Å². The van der Waals surface area contributed by atoms with Crippen LogP contribution in [-0.4, -0.2) is 16.1 Å². The lowest BCUT2D eigenvalue weighted by atomic mass is 9.93. The summed E-state index contributed by atoms with van der Waals surface area (Å²) >= 11 is 3.50. The van der Waals surface area contributed by atoms with Crippen molar-refractivity contribution in [2.75, 3.05) is 6.54 Å². The number of benzene rings is 1. The highest BCUT2D eigenvalue weighted by Crippen LogP contribution is 2.27. The average molecular weight is 322 g/mol. The summed E-state index contributed by atoms with van der Waals surface area (Å²) in [6, 6.07) is 6.28. The molecule has 0 saturated carbocycles. The van der Waals surface area contributed by atoms with Crippen LogP contribution in [0.25, 0.3) is 5.69 Å². The second-order valence-corrected chi connectivity index (χ2v) is 6.12. The zero-order chi connectivity index (χ0) is 14.0. The van der Waals surface area contributed by atoms with Gasteiger partial charge in [-0.15, -0.1) is 0 Å². The van der Waals surface area contributed by atoms with E-state index in [1.807, 2.05) is 12.5 Å². The van der Waals surface area contributed by atoms with E-state index in [9.17, 15) is 0 Å². The zero-order valence-electron chi connectivity index (χ0n) is 11.6. The van der Waals surface area contributed by atoms with E-state index in [2.05, 4.69) is 64.5 Å². The first-order valence-corrected chi connectivity index (χ1v) is 7.32. The number of nitrogens with zero attached hydrogens (tertiary/aromatic N) is 2. The molecule has 0 aliphatic heterocycles. The molecule has 4 heteroatoms.